The number of aromatic nitrogens is 1. The molecule has 1 heterocycles. The molecule has 0 unspecified atom stereocenters. The summed E-state index contributed by atoms with van der Waals surface area (Å²) in [6, 6.07) is 13.8. The van der Waals surface area contributed by atoms with Crippen LogP contribution in [0.1, 0.15) is 15.9 Å². The highest BCUT2D eigenvalue weighted by Gasteiger charge is 2.16. The Hall–Kier alpha value is -2.90. The van der Waals surface area contributed by atoms with Crippen LogP contribution in [0, 0.1) is 0 Å². The van der Waals surface area contributed by atoms with Gasteiger partial charge in [-0.15, -0.1) is 6.58 Å². The van der Waals surface area contributed by atoms with Crippen molar-refractivity contribution in [2.75, 3.05) is 13.1 Å². The third-order valence-corrected chi connectivity index (χ3v) is 5.63. The van der Waals surface area contributed by atoms with E-state index in [2.05, 4.69) is 21.6 Å². The third-order valence-electron chi connectivity index (χ3n) is 4.17. The van der Waals surface area contributed by atoms with Crippen molar-refractivity contribution in [2.24, 2.45) is 0 Å². The Labute approximate surface area is 158 Å². The normalized spacial score (nSPS) is 11.4. The summed E-state index contributed by atoms with van der Waals surface area (Å²) >= 11 is 0. The van der Waals surface area contributed by atoms with E-state index in [-0.39, 0.29) is 22.9 Å². The number of para-hydroxylation sites is 1. The molecule has 0 atom stereocenters. The first-order chi connectivity index (χ1) is 13.0. The Kier molecular flexibility index (Phi) is 5.73. The van der Waals surface area contributed by atoms with Crippen LogP contribution in [0.5, 0.6) is 0 Å². The number of hydrogen-bond donors (Lipinski definition) is 3. The van der Waals surface area contributed by atoms with Crippen LogP contribution in [0.3, 0.4) is 0 Å². The van der Waals surface area contributed by atoms with Crippen LogP contribution in [0.2, 0.25) is 0 Å². The minimum atomic E-state index is -3.70. The van der Waals surface area contributed by atoms with Crippen LogP contribution in [0.4, 0.5) is 0 Å². The zero-order chi connectivity index (χ0) is 19.3. The van der Waals surface area contributed by atoms with Gasteiger partial charge in [-0.25, -0.2) is 13.1 Å². The largest absolute Gasteiger partial charge is 0.361 e. The average molecular weight is 383 g/mol. The summed E-state index contributed by atoms with van der Waals surface area (Å²) in [5.74, 6) is -0.342. The Bertz CT molecular complexity index is 1070. The molecule has 0 bridgehead atoms. The van der Waals surface area contributed by atoms with Gasteiger partial charge in [0, 0.05) is 35.8 Å². The fourth-order valence-electron chi connectivity index (χ4n) is 2.81. The monoisotopic (exact) mass is 383 g/mol. The lowest BCUT2D eigenvalue weighted by Crippen LogP contribution is -2.27. The third kappa shape index (κ3) is 4.45. The van der Waals surface area contributed by atoms with Gasteiger partial charge in [0.05, 0.1) is 4.90 Å². The summed E-state index contributed by atoms with van der Waals surface area (Å²) in [7, 11) is -3.70. The van der Waals surface area contributed by atoms with Crippen LogP contribution >= 0.6 is 0 Å². The first-order valence-corrected chi connectivity index (χ1v) is 10.0. The molecule has 1 amide bonds. The van der Waals surface area contributed by atoms with Gasteiger partial charge in [0.1, 0.15) is 0 Å². The van der Waals surface area contributed by atoms with Gasteiger partial charge >= 0.3 is 0 Å². The van der Waals surface area contributed by atoms with E-state index in [9.17, 15) is 13.2 Å². The number of amides is 1. The van der Waals surface area contributed by atoms with Crippen LogP contribution in [-0.4, -0.2) is 32.4 Å². The zero-order valence-corrected chi connectivity index (χ0v) is 15.6. The summed E-state index contributed by atoms with van der Waals surface area (Å²) in [4.78, 5) is 15.2. The predicted molar refractivity (Wildman–Crippen MR) is 106 cm³/mol. The molecule has 7 heteroatoms. The van der Waals surface area contributed by atoms with Gasteiger partial charge in [0.15, 0.2) is 0 Å². The molecule has 0 aliphatic heterocycles. The Morgan fingerprint density at radius 3 is 2.78 bits per heavy atom. The number of nitrogens with one attached hydrogen (secondary N) is 3. The van der Waals surface area contributed by atoms with Crippen LogP contribution in [0.25, 0.3) is 10.9 Å². The Morgan fingerprint density at radius 2 is 1.96 bits per heavy atom. The Morgan fingerprint density at radius 1 is 1.15 bits per heavy atom. The van der Waals surface area contributed by atoms with Crippen LogP contribution in [-0.2, 0) is 16.4 Å². The van der Waals surface area contributed by atoms with E-state index in [0.717, 1.165) is 16.5 Å². The Balaban J connectivity index is 1.68. The number of carbonyl (C=O) groups is 1. The number of fused-ring (bicyclic) bond motifs is 1. The smallest absolute Gasteiger partial charge is 0.251 e. The second-order valence-corrected chi connectivity index (χ2v) is 7.80. The minimum absolute atomic E-state index is 0.0627. The van der Waals surface area contributed by atoms with Crippen molar-refractivity contribution in [1.29, 1.82) is 0 Å². The first kappa shape index (κ1) is 18.9. The van der Waals surface area contributed by atoms with E-state index in [0.29, 0.717) is 13.0 Å². The molecule has 27 heavy (non-hydrogen) atoms. The van der Waals surface area contributed by atoms with Crippen molar-refractivity contribution in [3.8, 4) is 0 Å². The lowest BCUT2D eigenvalue weighted by atomic mass is 10.1. The molecule has 0 aliphatic rings. The van der Waals surface area contributed by atoms with Gasteiger partial charge in [-0.05, 0) is 36.2 Å². The molecule has 3 aromatic rings. The highest BCUT2D eigenvalue weighted by molar-refractivity contribution is 7.89. The second kappa shape index (κ2) is 8.20. The molecule has 3 N–H and O–H groups in total. The lowest BCUT2D eigenvalue weighted by molar-refractivity contribution is 0.0958. The molecule has 0 aliphatic carbocycles. The number of aromatic amines is 1. The molecule has 0 spiro atoms. The molecular weight excluding hydrogens is 362 g/mol. The minimum Gasteiger partial charge on any atom is -0.361 e. The van der Waals surface area contributed by atoms with Crippen molar-refractivity contribution < 1.29 is 13.2 Å². The van der Waals surface area contributed by atoms with Crippen molar-refractivity contribution in [2.45, 2.75) is 11.3 Å². The quantitative estimate of drug-likeness (QED) is 0.522. The highest BCUT2D eigenvalue weighted by atomic mass is 32.2. The van der Waals surface area contributed by atoms with E-state index < -0.39 is 10.0 Å². The average Bonchev–Trinajstić information content (AvgIpc) is 3.09. The molecule has 140 valence electrons. The van der Waals surface area contributed by atoms with E-state index in [4.69, 9.17) is 0 Å². The summed E-state index contributed by atoms with van der Waals surface area (Å²) in [6.45, 7) is 4.11. The second-order valence-electron chi connectivity index (χ2n) is 6.03. The van der Waals surface area contributed by atoms with Gasteiger partial charge in [-0.1, -0.05) is 30.3 Å². The number of H-pyrrole nitrogens is 1. The molecule has 0 saturated heterocycles. The molecule has 6 nitrogen and oxygen atoms in total. The molecule has 0 fully saturated rings. The SMILES string of the molecule is C=CCNC(=O)c1cccc(S(=O)(=O)NCCc2c[nH]c3ccccc23)c1. The van der Waals surface area contributed by atoms with E-state index in [1.54, 1.807) is 18.2 Å². The lowest BCUT2D eigenvalue weighted by Gasteiger charge is -2.08. The molecule has 3 rings (SSSR count). The highest BCUT2D eigenvalue weighted by Crippen LogP contribution is 2.18. The first-order valence-electron chi connectivity index (χ1n) is 8.55. The van der Waals surface area contributed by atoms with Crippen molar-refractivity contribution in [3.63, 3.8) is 0 Å². The van der Waals surface area contributed by atoms with Crippen molar-refractivity contribution in [3.05, 3.63) is 78.5 Å². The number of hydrogen-bond acceptors (Lipinski definition) is 3. The summed E-state index contributed by atoms with van der Waals surface area (Å²) < 4.78 is 27.7. The predicted octanol–water partition coefficient (Wildman–Crippen LogP) is 2.60. The van der Waals surface area contributed by atoms with Gasteiger partial charge in [-0.2, -0.15) is 0 Å². The number of benzene rings is 2. The van der Waals surface area contributed by atoms with Gasteiger partial charge < -0.3 is 10.3 Å². The fraction of sp³-hybridized carbons (Fsp3) is 0.150. The topological polar surface area (TPSA) is 91.1 Å². The zero-order valence-electron chi connectivity index (χ0n) is 14.7. The van der Waals surface area contributed by atoms with Gasteiger partial charge in [0.2, 0.25) is 10.0 Å². The summed E-state index contributed by atoms with van der Waals surface area (Å²) in [5, 5.41) is 3.71. The molecule has 0 saturated carbocycles. The van der Waals surface area contributed by atoms with E-state index in [1.807, 2.05) is 30.5 Å². The summed E-state index contributed by atoms with van der Waals surface area (Å²) in [5.41, 5.74) is 2.36. The number of carbonyl (C=O) groups excluding carboxylic acids is 1. The van der Waals surface area contributed by atoms with Crippen molar-refractivity contribution >= 4 is 26.8 Å². The van der Waals surface area contributed by atoms with E-state index >= 15 is 0 Å². The van der Waals surface area contributed by atoms with Gasteiger partial charge in [0.25, 0.3) is 5.91 Å². The maximum absolute atomic E-state index is 12.5. The van der Waals surface area contributed by atoms with Crippen LogP contribution < -0.4 is 10.0 Å². The van der Waals surface area contributed by atoms with Gasteiger partial charge in [-0.3, -0.25) is 4.79 Å². The maximum atomic E-state index is 12.5. The molecular formula is C20H21N3O3S. The standard InChI is InChI=1S/C20H21N3O3S/c1-2-11-21-20(24)15-6-5-7-17(13-15)27(25,26)23-12-10-16-14-22-19-9-4-3-8-18(16)19/h2-9,13-14,22-23H,1,10-12H2,(H,21,24). The molecule has 2 aromatic carbocycles. The van der Waals surface area contributed by atoms with E-state index in [1.165, 1.54) is 12.1 Å². The number of rotatable bonds is 8. The summed E-state index contributed by atoms with van der Waals surface area (Å²) in [6.07, 6.45) is 4.01. The molecule has 0 radical (unpaired) electrons. The van der Waals surface area contributed by atoms with Crippen LogP contribution in [0.15, 0.2) is 72.3 Å². The molecule has 1 aromatic heterocycles. The number of sulfonamides is 1. The fourth-order valence-corrected chi connectivity index (χ4v) is 3.89. The maximum Gasteiger partial charge on any atom is 0.251 e. The van der Waals surface area contributed by atoms with Crippen molar-refractivity contribution in [1.82, 2.24) is 15.0 Å².